The van der Waals surface area contributed by atoms with Gasteiger partial charge in [0, 0.05) is 11.7 Å². The Morgan fingerprint density at radius 3 is 2.82 bits per heavy atom. The first-order valence-electron chi connectivity index (χ1n) is 5.94. The van der Waals surface area contributed by atoms with Crippen LogP contribution in [0.3, 0.4) is 0 Å². The highest BCUT2D eigenvalue weighted by Crippen LogP contribution is 2.31. The maximum absolute atomic E-state index is 6.04. The Hall–Kier alpha value is -1.23. The van der Waals surface area contributed by atoms with Crippen molar-refractivity contribution < 1.29 is 0 Å². The molecule has 1 fully saturated rings. The maximum atomic E-state index is 6.04. The van der Waals surface area contributed by atoms with Gasteiger partial charge in [0.15, 0.2) is 5.65 Å². The number of nitrogens with zero attached hydrogens (tertiary/aromatic N) is 3. The predicted octanol–water partition coefficient (Wildman–Crippen LogP) is 2.39. The van der Waals surface area contributed by atoms with Crippen molar-refractivity contribution in [1.29, 1.82) is 0 Å². The molecule has 2 aromatic rings. The smallest absolute Gasteiger partial charge is 0.202 e. The number of fused-ring (bicyclic) bond motifs is 1. The van der Waals surface area contributed by atoms with Gasteiger partial charge in [-0.1, -0.05) is 0 Å². The molecule has 1 saturated heterocycles. The number of pyridine rings is 1. The number of anilines is 1. The normalized spacial score (nSPS) is 17.7. The topological polar surface area (TPSA) is 56.7 Å². The summed E-state index contributed by atoms with van der Waals surface area (Å²) in [7, 11) is 0. The fourth-order valence-corrected chi connectivity index (χ4v) is 3.47. The average molecular weight is 248 g/mol. The molecule has 3 rings (SSSR count). The first-order chi connectivity index (χ1) is 8.25. The van der Waals surface area contributed by atoms with Crippen LogP contribution in [0.15, 0.2) is 12.1 Å². The van der Waals surface area contributed by atoms with E-state index in [9.17, 15) is 0 Å². The Labute approximate surface area is 105 Å². The fraction of sp³-hybridized carbons (Fsp3) is 0.500. The van der Waals surface area contributed by atoms with Gasteiger partial charge in [-0.15, -0.1) is 0 Å². The largest absolute Gasteiger partial charge is 0.369 e. The third-order valence-electron chi connectivity index (χ3n) is 3.26. The Kier molecular flexibility index (Phi) is 2.70. The van der Waals surface area contributed by atoms with Crippen molar-refractivity contribution in [3.63, 3.8) is 0 Å². The zero-order valence-electron chi connectivity index (χ0n) is 9.89. The minimum absolute atomic E-state index is 0.468. The molecule has 0 spiro atoms. The Morgan fingerprint density at radius 1 is 1.29 bits per heavy atom. The third kappa shape index (κ3) is 1.88. The number of nitrogen functional groups attached to an aromatic ring is 1. The Balaban J connectivity index is 2.13. The lowest BCUT2D eigenvalue weighted by Crippen LogP contribution is -2.17. The van der Waals surface area contributed by atoms with Crippen LogP contribution in [0.4, 0.5) is 5.95 Å². The van der Waals surface area contributed by atoms with Crippen LogP contribution < -0.4 is 5.73 Å². The van der Waals surface area contributed by atoms with Crippen LogP contribution in [0.1, 0.15) is 24.6 Å². The second kappa shape index (κ2) is 4.22. The van der Waals surface area contributed by atoms with Crippen LogP contribution in [0.5, 0.6) is 0 Å². The number of aromatic nitrogens is 3. The highest BCUT2D eigenvalue weighted by molar-refractivity contribution is 7.99. The lowest BCUT2D eigenvalue weighted by Gasteiger charge is -2.23. The van der Waals surface area contributed by atoms with Crippen molar-refractivity contribution in [3.05, 3.63) is 17.8 Å². The zero-order valence-corrected chi connectivity index (χ0v) is 10.7. The second-order valence-corrected chi connectivity index (χ2v) is 5.70. The number of rotatable bonds is 1. The van der Waals surface area contributed by atoms with E-state index in [-0.39, 0.29) is 0 Å². The van der Waals surface area contributed by atoms with E-state index in [1.807, 2.05) is 30.8 Å². The van der Waals surface area contributed by atoms with Crippen LogP contribution in [0.25, 0.3) is 11.2 Å². The van der Waals surface area contributed by atoms with E-state index in [2.05, 4.69) is 14.5 Å². The summed E-state index contributed by atoms with van der Waals surface area (Å²) in [4.78, 5) is 8.99. The summed E-state index contributed by atoms with van der Waals surface area (Å²) < 4.78 is 2.13. The van der Waals surface area contributed by atoms with Gasteiger partial charge in [0.1, 0.15) is 5.52 Å². The van der Waals surface area contributed by atoms with Gasteiger partial charge in [0.25, 0.3) is 0 Å². The van der Waals surface area contributed by atoms with Gasteiger partial charge in [0.2, 0.25) is 5.95 Å². The van der Waals surface area contributed by atoms with E-state index in [0.717, 1.165) is 29.7 Å². The van der Waals surface area contributed by atoms with Gasteiger partial charge in [-0.2, -0.15) is 11.8 Å². The Morgan fingerprint density at radius 2 is 2.06 bits per heavy atom. The molecule has 0 saturated carbocycles. The van der Waals surface area contributed by atoms with Crippen molar-refractivity contribution in [2.45, 2.75) is 25.8 Å². The zero-order chi connectivity index (χ0) is 11.8. The number of aryl methyl sites for hydroxylation is 1. The van der Waals surface area contributed by atoms with E-state index in [4.69, 9.17) is 5.73 Å². The first kappa shape index (κ1) is 10.9. The summed E-state index contributed by atoms with van der Waals surface area (Å²) in [6.45, 7) is 2.00. The second-order valence-electron chi connectivity index (χ2n) is 4.48. The van der Waals surface area contributed by atoms with Gasteiger partial charge in [-0.05, 0) is 43.4 Å². The molecule has 0 bridgehead atoms. The molecule has 90 valence electrons. The quantitative estimate of drug-likeness (QED) is 0.842. The Bertz CT molecular complexity index is 543. The van der Waals surface area contributed by atoms with E-state index < -0.39 is 0 Å². The van der Waals surface area contributed by atoms with Crippen LogP contribution in [0, 0.1) is 6.92 Å². The molecule has 0 atom stereocenters. The molecule has 0 radical (unpaired) electrons. The molecule has 0 unspecified atom stereocenters. The highest BCUT2D eigenvalue weighted by Gasteiger charge is 2.21. The van der Waals surface area contributed by atoms with Crippen molar-refractivity contribution in [2.75, 3.05) is 17.2 Å². The first-order valence-corrected chi connectivity index (χ1v) is 7.10. The molecule has 4 nitrogen and oxygen atoms in total. The third-order valence-corrected chi connectivity index (χ3v) is 4.31. The fourth-order valence-electron chi connectivity index (χ4n) is 2.39. The molecule has 0 aliphatic carbocycles. The van der Waals surface area contributed by atoms with Crippen molar-refractivity contribution in [2.24, 2.45) is 0 Å². The van der Waals surface area contributed by atoms with Crippen molar-refractivity contribution in [3.8, 4) is 0 Å². The molecule has 3 heterocycles. The summed E-state index contributed by atoms with van der Waals surface area (Å²) in [5.41, 5.74) is 8.91. The van der Waals surface area contributed by atoms with Crippen LogP contribution in [-0.2, 0) is 0 Å². The highest BCUT2D eigenvalue weighted by atomic mass is 32.2. The number of thioether (sulfide) groups is 1. The lowest BCUT2D eigenvalue weighted by molar-refractivity contribution is 0.484. The molecule has 2 aromatic heterocycles. The van der Waals surface area contributed by atoms with E-state index in [1.165, 1.54) is 11.5 Å². The van der Waals surface area contributed by atoms with Gasteiger partial charge in [-0.25, -0.2) is 9.97 Å². The lowest BCUT2D eigenvalue weighted by atomic mass is 10.1. The molecule has 0 aromatic carbocycles. The molecular formula is C12H16N4S. The summed E-state index contributed by atoms with van der Waals surface area (Å²) in [6.07, 6.45) is 2.33. The minimum atomic E-state index is 0.468. The molecule has 0 amide bonds. The van der Waals surface area contributed by atoms with Crippen LogP contribution in [0.2, 0.25) is 0 Å². The van der Waals surface area contributed by atoms with Crippen LogP contribution in [-0.4, -0.2) is 26.0 Å². The molecular weight excluding hydrogens is 232 g/mol. The standard InChI is InChI=1S/C12H16N4S/c1-8-2-3-10-11(14-8)16(12(13)15-10)9-4-6-17-7-5-9/h2-3,9H,4-7H2,1H3,(H2,13,15). The summed E-state index contributed by atoms with van der Waals surface area (Å²) in [5.74, 6) is 3.01. The summed E-state index contributed by atoms with van der Waals surface area (Å²) >= 11 is 2.02. The van der Waals surface area contributed by atoms with Gasteiger partial charge >= 0.3 is 0 Å². The number of hydrogen-bond donors (Lipinski definition) is 1. The van der Waals surface area contributed by atoms with E-state index in [0.29, 0.717) is 12.0 Å². The maximum Gasteiger partial charge on any atom is 0.202 e. The van der Waals surface area contributed by atoms with Gasteiger partial charge in [-0.3, -0.25) is 4.57 Å². The van der Waals surface area contributed by atoms with E-state index in [1.54, 1.807) is 0 Å². The molecule has 1 aliphatic rings. The monoisotopic (exact) mass is 248 g/mol. The predicted molar refractivity (Wildman–Crippen MR) is 72.3 cm³/mol. The summed E-state index contributed by atoms with van der Waals surface area (Å²) in [6, 6.07) is 4.45. The average Bonchev–Trinajstić information content (AvgIpc) is 2.65. The van der Waals surface area contributed by atoms with Crippen molar-refractivity contribution >= 4 is 28.9 Å². The number of imidazole rings is 1. The van der Waals surface area contributed by atoms with Gasteiger partial charge < -0.3 is 5.73 Å². The molecule has 5 heteroatoms. The SMILES string of the molecule is Cc1ccc2nc(N)n(C3CCSCC3)c2n1. The number of hydrogen-bond acceptors (Lipinski definition) is 4. The van der Waals surface area contributed by atoms with Crippen LogP contribution >= 0.6 is 11.8 Å². The van der Waals surface area contributed by atoms with Gasteiger partial charge in [0.05, 0.1) is 0 Å². The van der Waals surface area contributed by atoms with E-state index >= 15 is 0 Å². The molecule has 2 N–H and O–H groups in total. The van der Waals surface area contributed by atoms with Crippen molar-refractivity contribution in [1.82, 2.24) is 14.5 Å². The molecule has 1 aliphatic heterocycles. The molecule has 17 heavy (non-hydrogen) atoms. The number of nitrogens with two attached hydrogens (primary N) is 1. The minimum Gasteiger partial charge on any atom is -0.369 e. The summed E-state index contributed by atoms with van der Waals surface area (Å²) in [5, 5.41) is 0.